The maximum Gasteiger partial charge on any atom is 0.256 e. The van der Waals surface area contributed by atoms with E-state index in [2.05, 4.69) is 20.8 Å². The first-order valence-corrected chi connectivity index (χ1v) is 9.91. The molecule has 0 radical (unpaired) electrons. The van der Waals surface area contributed by atoms with E-state index >= 15 is 0 Å². The lowest BCUT2D eigenvalue weighted by molar-refractivity contribution is -0.478. The Hall–Kier alpha value is -1.24. The smallest absolute Gasteiger partial charge is 0.256 e. The van der Waals surface area contributed by atoms with Gasteiger partial charge in [0, 0.05) is 31.2 Å². The number of ether oxygens (including phenoxy) is 1. The van der Waals surface area contributed by atoms with E-state index in [9.17, 15) is 9.59 Å². The van der Waals surface area contributed by atoms with Crippen molar-refractivity contribution in [1.82, 2.24) is 4.90 Å². The van der Waals surface area contributed by atoms with Crippen LogP contribution in [0.5, 0.6) is 0 Å². The Morgan fingerprint density at radius 2 is 1.74 bits per heavy atom. The van der Waals surface area contributed by atoms with Crippen LogP contribution in [0.2, 0.25) is 0 Å². The number of methoxy groups -OCH3 is 1. The maximum atomic E-state index is 12.2. The van der Waals surface area contributed by atoms with E-state index < -0.39 is 5.79 Å². The molecule has 0 aromatic carbocycles. The van der Waals surface area contributed by atoms with Crippen molar-refractivity contribution in [3.05, 3.63) is 11.1 Å². The maximum absolute atomic E-state index is 12.2. The predicted molar refractivity (Wildman–Crippen MR) is 100 cm³/mol. The molecule has 6 heteroatoms. The molecule has 4 rings (SSSR count). The second-order valence-corrected chi connectivity index (χ2v) is 9.42. The van der Waals surface area contributed by atoms with Crippen LogP contribution in [0.15, 0.2) is 11.1 Å². The number of carbonyl (C=O) groups excluding carboxylic acids is 2. The van der Waals surface area contributed by atoms with Crippen LogP contribution < -0.4 is 0 Å². The van der Waals surface area contributed by atoms with Crippen LogP contribution in [0, 0.1) is 17.3 Å². The molecule has 0 aromatic heterocycles. The van der Waals surface area contributed by atoms with E-state index in [0.717, 1.165) is 18.8 Å². The van der Waals surface area contributed by atoms with Gasteiger partial charge in [-0.3, -0.25) is 14.5 Å². The Balaban J connectivity index is 1.60. The third-order valence-electron chi connectivity index (χ3n) is 7.52. The van der Waals surface area contributed by atoms with Crippen molar-refractivity contribution in [3.63, 3.8) is 0 Å². The molecule has 4 atom stereocenters. The molecule has 4 aliphatic rings. The van der Waals surface area contributed by atoms with E-state index in [1.165, 1.54) is 11.3 Å². The van der Waals surface area contributed by atoms with Crippen molar-refractivity contribution in [2.45, 2.75) is 78.6 Å². The fraction of sp³-hybridized carbons (Fsp3) is 0.810. The number of nitrogens with zero attached hydrogens (tertiary/aromatic N) is 1. The molecule has 2 amide bonds. The highest BCUT2D eigenvalue weighted by Gasteiger charge is 2.61. The summed E-state index contributed by atoms with van der Waals surface area (Å²) in [5, 5.41) is 0. The quantitative estimate of drug-likeness (QED) is 0.293. The van der Waals surface area contributed by atoms with Gasteiger partial charge in [-0.05, 0) is 64.2 Å². The number of hydrogen-bond donors (Lipinski definition) is 0. The fourth-order valence-electron chi connectivity index (χ4n) is 4.97. The van der Waals surface area contributed by atoms with E-state index in [4.69, 9.17) is 14.5 Å². The molecule has 6 nitrogen and oxygen atoms in total. The van der Waals surface area contributed by atoms with Crippen molar-refractivity contribution < 1.29 is 24.1 Å². The summed E-state index contributed by atoms with van der Waals surface area (Å²) in [7, 11) is 1.55. The predicted octanol–water partition coefficient (Wildman–Crippen LogP) is 3.61. The molecule has 0 spiro atoms. The third kappa shape index (κ3) is 3.26. The number of carbonyl (C=O) groups is 2. The first-order chi connectivity index (χ1) is 12.4. The minimum absolute atomic E-state index is 0.230. The number of amides is 2. The van der Waals surface area contributed by atoms with Gasteiger partial charge < -0.3 is 4.74 Å². The van der Waals surface area contributed by atoms with E-state index in [0.29, 0.717) is 23.5 Å². The molecule has 0 saturated heterocycles. The summed E-state index contributed by atoms with van der Waals surface area (Å²) in [4.78, 5) is 37.5. The summed E-state index contributed by atoms with van der Waals surface area (Å²) >= 11 is 0. The molecule has 3 saturated carbocycles. The zero-order valence-corrected chi connectivity index (χ0v) is 17.7. The van der Waals surface area contributed by atoms with Gasteiger partial charge in [-0.25, -0.2) is 9.78 Å². The number of rotatable bonds is 7. The average molecular weight is 379 g/mol. The molecule has 3 fully saturated rings. The standard InChI is InChI=1S/C21H33NO5/c1-13-14(2)18(24)22(17(13)23)11-10-21(6,25-7)27-26-20(5)9-8-15-12-16(20)19(15,3)4/h15-16H,8-12H2,1-7H3. The van der Waals surface area contributed by atoms with Gasteiger partial charge in [0.15, 0.2) is 5.79 Å². The summed E-state index contributed by atoms with van der Waals surface area (Å²) < 4.78 is 5.55. The van der Waals surface area contributed by atoms with Gasteiger partial charge >= 0.3 is 0 Å². The second-order valence-electron chi connectivity index (χ2n) is 9.42. The molecule has 0 aromatic rings. The lowest BCUT2D eigenvalue weighted by Crippen LogP contribution is -2.61. The van der Waals surface area contributed by atoms with Crippen LogP contribution in [0.3, 0.4) is 0 Å². The molecule has 1 aliphatic heterocycles. The molecule has 152 valence electrons. The van der Waals surface area contributed by atoms with Gasteiger partial charge in [0.2, 0.25) is 0 Å². The monoisotopic (exact) mass is 379 g/mol. The van der Waals surface area contributed by atoms with Gasteiger partial charge in [-0.15, -0.1) is 0 Å². The first kappa shape index (κ1) is 20.5. The molecule has 1 heterocycles. The van der Waals surface area contributed by atoms with Crippen LogP contribution in [-0.2, 0) is 24.1 Å². The summed E-state index contributed by atoms with van der Waals surface area (Å²) in [6.07, 6.45) is 3.64. The number of hydrogen-bond acceptors (Lipinski definition) is 5. The minimum Gasteiger partial charge on any atom is -0.351 e. The molecular formula is C21H33NO5. The normalized spacial score (nSPS) is 34.7. The largest absolute Gasteiger partial charge is 0.351 e. The number of imide groups is 1. The van der Waals surface area contributed by atoms with Gasteiger partial charge in [-0.1, -0.05) is 13.8 Å². The van der Waals surface area contributed by atoms with Crippen molar-refractivity contribution in [1.29, 1.82) is 0 Å². The van der Waals surface area contributed by atoms with Crippen molar-refractivity contribution in [2.24, 2.45) is 17.3 Å². The summed E-state index contributed by atoms with van der Waals surface area (Å²) in [6.45, 7) is 12.1. The van der Waals surface area contributed by atoms with Crippen LogP contribution in [0.4, 0.5) is 0 Å². The Morgan fingerprint density at radius 3 is 2.22 bits per heavy atom. The Kier molecular flexibility index (Phi) is 5.07. The van der Waals surface area contributed by atoms with Gasteiger partial charge in [0.1, 0.15) is 5.60 Å². The Labute approximate surface area is 162 Å². The Bertz CT molecular complexity index is 658. The number of fused-ring (bicyclic) bond motifs is 2. The van der Waals surface area contributed by atoms with Crippen molar-refractivity contribution in [3.8, 4) is 0 Å². The molecule has 27 heavy (non-hydrogen) atoms. The van der Waals surface area contributed by atoms with E-state index in [1.807, 2.05) is 0 Å². The summed E-state index contributed by atoms with van der Waals surface area (Å²) in [5.41, 5.74) is 0.946. The van der Waals surface area contributed by atoms with Crippen molar-refractivity contribution in [2.75, 3.05) is 13.7 Å². The van der Waals surface area contributed by atoms with Crippen molar-refractivity contribution >= 4 is 11.8 Å². The van der Waals surface area contributed by atoms with Gasteiger partial charge in [0.05, 0.1) is 0 Å². The SMILES string of the molecule is COC(C)(CCN1C(=O)C(C)=C(C)C1=O)OOC1(C)CCC2CC1C2(C)C. The molecular weight excluding hydrogens is 346 g/mol. The summed E-state index contributed by atoms with van der Waals surface area (Å²) in [6, 6.07) is 0. The highest BCUT2D eigenvalue weighted by molar-refractivity contribution is 6.18. The average Bonchev–Trinajstić information content (AvgIpc) is 2.81. The fourth-order valence-corrected chi connectivity index (χ4v) is 4.97. The van der Waals surface area contributed by atoms with E-state index in [1.54, 1.807) is 27.9 Å². The van der Waals surface area contributed by atoms with Crippen LogP contribution >= 0.6 is 0 Å². The summed E-state index contributed by atoms with van der Waals surface area (Å²) in [5.74, 6) is -0.268. The highest BCUT2D eigenvalue weighted by atomic mass is 17.2. The topological polar surface area (TPSA) is 65.1 Å². The lowest BCUT2D eigenvalue weighted by atomic mass is 9.44. The molecule has 2 bridgehead atoms. The lowest BCUT2D eigenvalue weighted by Gasteiger charge is -2.63. The molecule has 0 N–H and O–H groups in total. The molecule has 3 aliphatic carbocycles. The molecule has 4 unspecified atom stereocenters. The van der Waals surface area contributed by atoms with Gasteiger partial charge in [0.25, 0.3) is 11.8 Å². The Morgan fingerprint density at radius 1 is 1.15 bits per heavy atom. The zero-order chi connectivity index (χ0) is 20.2. The first-order valence-electron chi connectivity index (χ1n) is 9.91. The van der Waals surface area contributed by atoms with E-state index in [-0.39, 0.29) is 29.4 Å². The van der Waals surface area contributed by atoms with Crippen LogP contribution in [0.1, 0.15) is 67.2 Å². The zero-order valence-electron chi connectivity index (χ0n) is 17.7. The van der Waals surface area contributed by atoms with Crippen LogP contribution in [0.25, 0.3) is 0 Å². The highest BCUT2D eigenvalue weighted by Crippen LogP contribution is 2.63. The third-order valence-corrected chi connectivity index (χ3v) is 7.52. The minimum atomic E-state index is -1.03. The van der Waals surface area contributed by atoms with Crippen LogP contribution in [-0.4, -0.2) is 41.8 Å². The van der Waals surface area contributed by atoms with Gasteiger partial charge in [-0.2, -0.15) is 0 Å². The second kappa shape index (κ2) is 6.68.